The minimum atomic E-state index is -0.582. The zero-order chi connectivity index (χ0) is 13.8. The van der Waals surface area contributed by atoms with Crippen LogP contribution in [0.2, 0.25) is 0 Å². The Morgan fingerprint density at radius 1 is 1.56 bits per heavy atom. The van der Waals surface area contributed by atoms with Gasteiger partial charge in [0.2, 0.25) is 0 Å². The summed E-state index contributed by atoms with van der Waals surface area (Å²) in [6.07, 6.45) is 0. The number of rotatable bonds is 4. The minimum absolute atomic E-state index is 0.232. The highest BCUT2D eigenvalue weighted by molar-refractivity contribution is 9.10. The maximum Gasteiger partial charge on any atom is 0.252 e. The van der Waals surface area contributed by atoms with Gasteiger partial charge in [0, 0.05) is 11.0 Å². The molecule has 0 heterocycles. The van der Waals surface area contributed by atoms with Crippen molar-refractivity contribution in [3.63, 3.8) is 0 Å². The van der Waals surface area contributed by atoms with E-state index < -0.39 is 5.41 Å². The molecule has 1 aromatic carbocycles. The van der Waals surface area contributed by atoms with Gasteiger partial charge in [-0.05, 0) is 48.0 Å². The first kappa shape index (κ1) is 14.5. The molecule has 0 unspecified atom stereocenters. The van der Waals surface area contributed by atoms with E-state index in [0.29, 0.717) is 22.3 Å². The lowest BCUT2D eigenvalue weighted by Gasteiger charge is -2.16. The van der Waals surface area contributed by atoms with Crippen molar-refractivity contribution in [1.29, 1.82) is 5.26 Å². The van der Waals surface area contributed by atoms with Crippen LogP contribution >= 0.6 is 15.9 Å². The average molecular weight is 311 g/mol. The van der Waals surface area contributed by atoms with Gasteiger partial charge in [-0.1, -0.05) is 0 Å². The molecule has 1 N–H and O–H groups in total. The van der Waals surface area contributed by atoms with Gasteiger partial charge in [0.15, 0.2) is 0 Å². The Morgan fingerprint density at radius 3 is 2.78 bits per heavy atom. The first-order valence-corrected chi connectivity index (χ1v) is 6.22. The molecule has 0 atom stereocenters. The minimum Gasteiger partial charge on any atom is -0.497 e. The van der Waals surface area contributed by atoms with Gasteiger partial charge in [-0.2, -0.15) is 5.26 Å². The van der Waals surface area contributed by atoms with Gasteiger partial charge < -0.3 is 10.1 Å². The van der Waals surface area contributed by atoms with Gasteiger partial charge in [0.05, 0.1) is 24.2 Å². The molecule has 1 amide bonds. The lowest BCUT2D eigenvalue weighted by Crippen LogP contribution is -2.33. The molecule has 96 valence electrons. The molecule has 0 aliphatic rings. The number of nitrogens with zero attached hydrogens (tertiary/aromatic N) is 1. The number of nitrogens with one attached hydrogen (secondary N) is 1. The summed E-state index contributed by atoms with van der Waals surface area (Å²) in [6.45, 7) is 3.84. The summed E-state index contributed by atoms with van der Waals surface area (Å²) in [5.41, 5.74) is -0.0934. The van der Waals surface area contributed by atoms with Crippen LogP contribution in [0.5, 0.6) is 5.75 Å². The summed E-state index contributed by atoms with van der Waals surface area (Å²) in [7, 11) is 1.55. The lowest BCUT2D eigenvalue weighted by molar-refractivity contribution is 0.0942. The van der Waals surface area contributed by atoms with Crippen LogP contribution in [0.15, 0.2) is 22.7 Å². The van der Waals surface area contributed by atoms with E-state index in [4.69, 9.17) is 10.00 Å². The molecular weight excluding hydrogens is 296 g/mol. The highest BCUT2D eigenvalue weighted by atomic mass is 79.9. The van der Waals surface area contributed by atoms with Crippen molar-refractivity contribution < 1.29 is 9.53 Å². The third kappa shape index (κ3) is 3.74. The van der Waals surface area contributed by atoms with Gasteiger partial charge in [-0.3, -0.25) is 4.79 Å². The number of benzene rings is 1. The number of hydrogen-bond acceptors (Lipinski definition) is 3. The number of methoxy groups -OCH3 is 1. The highest BCUT2D eigenvalue weighted by Gasteiger charge is 2.19. The number of carbonyl (C=O) groups is 1. The van der Waals surface area contributed by atoms with Crippen molar-refractivity contribution in [2.24, 2.45) is 5.41 Å². The molecule has 18 heavy (non-hydrogen) atoms. The third-order valence-electron chi connectivity index (χ3n) is 2.41. The smallest absolute Gasteiger partial charge is 0.252 e. The number of halogens is 1. The normalized spacial score (nSPS) is 10.6. The number of carbonyl (C=O) groups excluding carboxylic acids is 1. The van der Waals surface area contributed by atoms with Crippen molar-refractivity contribution in [2.45, 2.75) is 13.8 Å². The van der Waals surface area contributed by atoms with Crippen molar-refractivity contribution in [3.8, 4) is 11.8 Å². The summed E-state index contributed by atoms with van der Waals surface area (Å²) in [4.78, 5) is 12.0. The van der Waals surface area contributed by atoms with Crippen LogP contribution in [0, 0.1) is 16.7 Å². The van der Waals surface area contributed by atoms with Crippen LogP contribution in [-0.4, -0.2) is 19.6 Å². The quantitative estimate of drug-likeness (QED) is 0.930. The van der Waals surface area contributed by atoms with Gasteiger partial charge in [0.25, 0.3) is 5.91 Å². The second-order valence-electron chi connectivity index (χ2n) is 4.52. The van der Waals surface area contributed by atoms with Crippen LogP contribution in [0.4, 0.5) is 0 Å². The standard InChI is InChI=1S/C13H15BrN2O2/c1-13(2,7-15)8-16-12(17)10-6-9(18-3)4-5-11(10)14/h4-6H,8H2,1-3H3,(H,16,17). The molecule has 1 rings (SSSR count). The van der Waals surface area contributed by atoms with Crippen molar-refractivity contribution in [3.05, 3.63) is 28.2 Å². The molecule has 0 saturated carbocycles. The maximum absolute atomic E-state index is 12.0. The van der Waals surface area contributed by atoms with Gasteiger partial charge in [-0.15, -0.1) is 0 Å². The molecule has 0 saturated heterocycles. The molecule has 0 aromatic heterocycles. The monoisotopic (exact) mass is 310 g/mol. The van der Waals surface area contributed by atoms with Crippen LogP contribution < -0.4 is 10.1 Å². The second kappa shape index (κ2) is 5.87. The van der Waals surface area contributed by atoms with Crippen molar-refractivity contribution >= 4 is 21.8 Å². The number of hydrogen-bond donors (Lipinski definition) is 1. The molecule has 0 fully saturated rings. The summed E-state index contributed by atoms with van der Waals surface area (Å²) < 4.78 is 5.76. The summed E-state index contributed by atoms with van der Waals surface area (Å²) in [6, 6.07) is 7.30. The summed E-state index contributed by atoms with van der Waals surface area (Å²) in [5, 5.41) is 11.6. The second-order valence-corrected chi connectivity index (χ2v) is 5.38. The maximum atomic E-state index is 12.0. The van der Waals surface area contributed by atoms with E-state index in [-0.39, 0.29) is 5.91 Å². The van der Waals surface area contributed by atoms with E-state index in [1.54, 1.807) is 39.2 Å². The number of ether oxygens (including phenoxy) is 1. The van der Waals surface area contributed by atoms with E-state index in [2.05, 4.69) is 27.3 Å². The highest BCUT2D eigenvalue weighted by Crippen LogP contribution is 2.22. The Labute approximate surface area is 115 Å². The Kier molecular flexibility index (Phi) is 4.74. The molecule has 5 heteroatoms. The molecule has 0 spiro atoms. The predicted octanol–water partition coefficient (Wildman–Crippen LogP) is 2.74. The number of amides is 1. The molecule has 4 nitrogen and oxygen atoms in total. The van der Waals surface area contributed by atoms with Crippen LogP contribution in [0.3, 0.4) is 0 Å². The molecule has 0 aliphatic carbocycles. The molecule has 1 aromatic rings. The molecule has 0 radical (unpaired) electrons. The Balaban J connectivity index is 2.82. The fourth-order valence-corrected chi connectivity index (χ4v) is 1.67. The van der Waals surface area contributed by atoms with E-state index >= 15 is 0 Å². The van der Waals surface area contributed by atoms with E-state index in [9.17, 15) is 4.79 Å². The molecule has 0 aliphatic heterocycles. The SMILES string of the molecule is COc1ccc(Br)c(C(=O)NCC(C)(C)C#N)c1. The molecular formula is C13H15BrN2O2. The zero-order valence-corrected chi connectivity index (χ0v) is 12.2. The lowest BCUT2D eigenvalue weighted by atomic mass is 9.96. The topological polar surface area (TPSA) is 62.1 Å². The van der Waals surface area contributed by atoms with E-state index in [0.717, 1.165) is 0 Å². The first-order chi connectivity index (χ1) is 8.39. The van der Waals surface area contributed by atoms with Crippen LogP contribution in [0.1, 0.15) is 24.2 Å². The first-order valence-electron chi connectivity index (χ1n) is 5.42. The van der Waals surface area contributed by atoms with Crippen LogP contribution in [-0.2, 0) is 0 Å². The third-order valence-corrected chi connectivity index (χ3v) is 3.10. The Morgan fingerprint density at radius 2 is 2.22 bits per heavy atom. The Bertz CT molecular complexity index is 492. The zero-order valence-electron chi connectivity index (χ0n) is 10.6. The van der Waals surface area contributed by atoms with Crippen molar-refractivity contribution in [2.75, 3.05) is 13.7 Å². The van der Waals surface area contributed by atoms with Crippen LogP contribution in [0.25, 0.3) is 0 Å². The molecule has 0 bridgehead atoms. The largest absolute Gasteiger partial charge is 0.497 e. The van der Waals surface area contributed by atoms with E-state index in [1.807, 2.05) is 0 Å². The van der Waals surface area contributed by atoms with Gasteiger partial charge >= 0.3 is 0 Å². The number of nitriles is 1. The van der Waals surface area contributed by atoms with Gasteiger partial charge in [-0.25, -0.2) is 0 Å². The predicted molar refractivity (Wildman–Crippen MR) is 72.4 cm³/mol. The van der Waals surface area contributed by atoms with E-state index in [1.165, 1.54) is 0 Å². The Hall–Kier alpha value is -1.54. The summed E-state index contributed by atoms with van der Waals surface area (Å²) in [5.74, 6) is 0.381. The average Bonchev–Trinajstić information content (AvgIpc) is 2.36. The van der Waals surface area contributed by atoms with Crippen molar-refractivity contribution in [1.82, 2.24) is 5.32 Å². The summed E-state index contributed by atoms with van der Waals surface area (Å²) >= 11 is 3.32. The fourth-order valence-electron chi connectivity index (χ4n) is 1.24. The fraction of sp³-hybridized carbons (Fsp3) is 0.385. The van der Waals surface area contributed by atoms with Gasteiger partial charge in [0.1, 0.15) is 5.75 Å².